The fourth-order valence-corrected chi connectivity index (χ4v) is 2.40. The summed E-state index contributed by atoms with van der Waals surface area (Å²) in [5.41, 5.74) is 2.80. The van der Waals surface area contributed by atoms with Crippen LogP contribution < -0.4 is 15.0 Å². The molecule has 0 spiro atoms. The lowest BCUT2D eigenvalue weighted by molar-refractivity contribution is -0.133. The van der Waals surface area contributed by atoms with E-state index in [1.807, 2.05) is 32.0 Å². The van der Waals surface area contributed by atoms with E-state index in [0.29, 0.717) is 11.6 Å². The summed E-state index contributed by atoms with van der Waals surface area (Å²) in [5.74, 6) is 0.365. The van der Waals surface area contributed by atoms with Crippen LogP contribution in [0.2, 0.25) is 0 Å². The van der Waals surface area contributed by atoms with E-state index in [-0.39, 0.29) is 25.0 Å². The lowest BCUT2D eigenvalue weighted by atomic mass is 10.1. The Kier molecular flexibility index (Phi) is 3.97. The fraction of sp³-hybridized carbons (Fsp3) is 0.235. The maximum atomic E-state index is 12.2. The Morgan fingerprint density at radius 3 is 2.78 bits per heavy atom. The van der Waals surface area contributed by atoms with Gasteiger partial charge in [0.05, 0.1) is 12.2 Å². The zero-order valence-corrected chi connectivity index (χ0v) is 13.0. The zero-order valence-electron chi connectivity index (χ0n) is 13.0. The summed E-state index contributed by atoms with van der Waals surface area (Å²) >= 11 is 0. The lowest BCUT2D eigenvalue weighted by Gasteiger charge is -2.29. The molecule has 0 fully saturated rings. The number of aromatic nitrogens is 1. The van der Waals surface area contributed by atoms with E-state index < -0.39 is 0 Å². The van der Waals surface area contributed by atoms with Crippen molar-refractivity contribution in [3.63, 3.8) is 0 Å². The number of hydrogen-bond donors (Lipinski definition) is 1. The van der Waals surface area contributed by atoms with E-state index in [9.17, 15) is 9.59 Å². The first-order chi connectivity index (χ1) is 11.0. The fourth-order valence-electron chi connectivity index (χ4n) is 2.40. The number of amides is 1. The van der Waals surface area contributed by atoms with E-state index in [1.165, 1.54) is 0 Å². The van der Waals surface area contributed by atoms with Gasteiger partial charge >= 0.3 is 5.97 Å². The number of fused-ring (bicyclic) bond motifs is 1. The van der Waals surface area contributed by atoms with Crippen molar-refractivity contribution in [2.24, 2.45) is 0 Å². The van der Waals surface area contributed by atoms with Crippen LogP contribution in [0.3, 0.4) is 0 Å². The first kappa shape index (κ1) is 15.0. The number of rotatable bonds is 3. The molecule has 1 N–H and O–H groups in total. The van der Waals surface area contributed by atoms with Crippen LogP contribution in [0.25, 0.3) is 0 Å². The SMILES string of the molecule is Cc1ccc(NC(=O)CN2CC(=O)Oc3ccc(C)cc32)nc1. The van der Waals surface area contributed by atoms with Crippen molar-refractivity contribution < 1.29 is 14.3 Å². The molecule has 1 amide bonds. The van der Waals surface area contributed by atoms with Gasteiger partial charge in [0.1, 0.15) is 12.4 Å². The number of esters is 1. The van der Waals surface area contributed by atoms with E-state index in [2.05, 4.69) is 10.3 Å². The molecule has 2 aromatic rings. The van der Waals surface area contributed by atoms with Crippen molar-refractivity contribution in [1.29, 1.82) is 0 Å². The van der Waals surface area contributed by atoms with Crippen LogP contribution in [0.5, 0.6) is 5.75 Å². The Morgan fingerprint density at radius 1 is 1.26 bits per heavy atom. The average molecular weight is 311 g/mol. The maximum Gasteiger partial charge on any atom is 0.331 e. The molecule has 0 radical (unpaired) electrons. The first-order valence-electron chi connectivity index (χ1n) is 7.30. The molecule has 1 aliphatic heterocycles. The monoisotopic (exact) mass is 311 g/mol. The third kappa shape index (κ3) is 3.48. The number of carbonyl (C=O) groups excluding carboxylic acids is 2. The Hall–Kier alpha value is -2.89. The predicted molar refractivity (Wildman–Crippen MR) is 86.6 cm³/mol. The molecule has 0 bridgehead atoms. The van der Waals surface area contributed by atoms with Crippen molar-refractivity contribution in [3.8, 4) is 5.75 Å². The highest BCUT2D eigenvalue weighted by Gasteiger charge is 2.25. The molecule has 1 aromatic heterocycles. The van der Waals surface area contributed by atoms with Crippen LogP contribution in [-0.4, -0.2) is 29.9 Å². The van der Waals surface area contributed by atoms with Crippen molar-refractivity contribution in [2.45, 2.75) is 13.8 Å². The molecule has 0 saturated heterocycles. The molecule has 0 unspecified atom stereocenters. The highest BCUT2D eigenvalue weighted by atomic mass is 16.5. The summed E-state index contributed by atoms with van der Waals surface area (Å²) in [6, 6.07) is 9.13. The summed E-state index contributed by atoms with van der Waals surface area (Å²) in [5, 5.41) is 2.73. The van der Waals surface area contributed by atoms with Crippen molar-refractivity contribution in [1.82, 2.24) is 4.98 Å². The van der Waals surface area contributed by atoms with Crippen LogP contribution >= 0.6 is 0 Å². The second-order valence-electron chi connectivity index (χ2n) is 5.57. The molecule has 118 valence electrons. The number of anilines is 2. The van der Waals surface area contributed by atoms with Crippen LogP contribution in [0.1, 0.15) is 11.1 Å². The highest BCUT2D eigenvalue weighted by Crippen LogP contribution is 2.32. The number of hydrogen-bond acceptors (Lipinski definition) is 5. The van der Waals surface area contributed by atoms with Gasteiger partial charge < -0.3 is 15.0 Å². The van der Waals surface area contributed by atoms with Crippen molar-refractivity contribution in [3.05, 3.63) is 47.7 Å². The van der Waals surface area contributed by atoms with E-state index in [1.54, 1.807) is 23.2 Å². The Morgan fingerprint density at radius 2 is 2.04 bits per heavy atom. The van der Waals surface area contributed by atoms with Gasteiger partial charge in [-0.25, -0.2) is 9.78 Å². The van der Waals surface area contributed by atoms with Gasteiger partial charge in [-0.05, 0) is 43.2 Å². The van der Waals surface area contributed by atoms with Crippen LogP contribution in [-0.2, 0) is 9.59 Å². The topological polar surface area (TPSA) is 71.5 Å². The average Bonchev–Trinajstić information content (AvgIpc) is 2.50. The normalized spacial score (nSPS) is 13.3. The number of benzene rings is 1. The van der Waals surface area contributed by atoms with Gasteiger partial charge in [0, 0.05) is 6.20 Å². The summed E-state index contributed by atoms with van der Waals surface area (Å²) in [7, 11) is 0. The number of pyridine rings is 1. The number of carbonyl (C=O) groups is 2. The number of ether oxygens (including phenoxy) is 1. The molecule has 6 heteroatoms. The third-order valence-electron chi connectivity index (χ3n) is 3.51. The van der Waals surface area contributed by atoms with E-state index in [0.717, 1.165) is 16.8 Å². The van der Waals surface area contributed by atoms with Crippen LogP contribution in [0.15, 0.2) is 36.5 Å². The van der Waals surface area contributed by atoms with Gasteiger partial charge in [-0.1, -0.05) is 12.1 Å². The zero-order chi connectivity index (χ0) is 16.4. The molecule has 1 aliphatic rings. The molecule has 3 rings (SSSR count). The number of nitrogens with zero attached hydrogens (tertiary/aromatic N) is 2. The van der Waals surface area contributed by atoms with Gasteiger partial charge in [0.25, 0.3) is 0 Å². The Labute approximate surface area is 134 Å². The predicted octanol–water partition coefficient (Wildman–Crippen LogP) is 2.06. The van der Waals surface area contributed by atoms with Gasteiger partial charge in [-0.3, -0.25) is 4.79 Å². The van der Waals surface area contributed by atoms with Gasteiger partial charge in [0.2, 0.25) is 5.91 Å². The molecular weight excluding hydrogens is 294 g/mol. The smallest absolute Gasteiger partial charge is 0.331 e. The number of aryl methyl sites for hydroxylation is 2. The molecule has 1 aromatic carbocycles. The molecule has 0 aliphatic carbocycles. The summed E-state index contributed by atoms with van der Waals surface area (Å²) in [4.78, 5) is 29.8. The molecule has 0 atom stereocenters. The van der Waals surface area contributed by atoms with Gasteiger partial charge in [-0.2, -0.15) is 0 Å². The second kappa shape index (κ2) is 6.08. The molecule has 6 nitrogen and oxygen atoms in total. The first-order valence-corrected chi connectivity index (χ1v) is 7.30. The molecular formula is C17H17N3O3. The summed E-state index contributed by atoms with van der Waals surface area (Å²) < 4.78 is 5.21. The summed E-state index contributed by atoms with van der Waals surface area (Å²) in [6.07, 6.45) is 1.69. The quantitative estimate of drug-likeness (QED) is 0.694. The van der Waals surface area contributed by atoms with E-state index >= 15 is 0 Å². The number of nitrogens with one attached hydrogen (secondary N) is 1. The minimum Gasteiger partial charge on any atom is -0.423 e. The molecule has 0 saturated carbocycles. The van der Waals surface area contributed by atoms with E-state index in [4.69, 9.17) is 4.74 Å². The maximum absolute atomic E-state index is 12.2. The Bertz CT molecular complexity index is 756. The largest absolute Gasteiger partial charge is 0.423 e. The second-order valence-corrected chi connectivity index (χ2v) is 5.57. The van der Waals surface area contributed by atoms with Gasteiger partial charge in [-0.15, -0.1) is 0 Å². The lowest BCUT2D eigenvalue weighted by Crippen LogP contribution is -2.41. The minimum absolute atomic E-state index is 0.0468. The molecule has 2 heterocycles. The minimum atomic E-state index is -0.373. The van der Waals surface area contributed by atoms with Gasteiger partial charge in [0.15, 0.2) is 5.75 Å². The highest BCUT2D eigenvalue weighted by molar-refractivity contribution is 5.95. The third-order valence-corrected chi connectivity index (χ3v) is 3.51. The van der Waals surface area contributed by atoms with Crippen molar-refractivity contribution in [2.75, 3.05) is 23.3 Å². The molecule has 23 heavy (non-hydrogen) atoms. The summed E-state index contributed by atoms with van der Waals surface area (Å²) in [6.45, 7) is 3.98. The van der Waals surface area contributed by atoms with Crippen molar-refractivity contribution >= 4 is 23.4 Å². The Balaban J connectivity index is 1.74. The van der Waals surface area contributed by atoms with Crippen LogP contribution in [0.4, 0.5) is 11.5 Å². The standard InChI is InChI=1S/C17H17N3O3/c1-11-3-5-14-13(7-11)20(10-17(22)23-14)9-16(21)19-15-6-4-12(2)8-18-15/h3-8H,9-10H2,1-2H3,(H,18,19,21). The van der Waals surface area contributed by atoms with Crippen LogP contribution in [0, 0.1) is 13.8 Å².